The highest BCUT2D eigenvalue weighted by molar-refractivity contribution is 5.37. The average Bonchev–Trinajstić information content (AvgIpc) is 2.85. The van der Waals surface area contributed by atoms with Gasteiger partial charge in [0.1, 0.15) is 5.82 Å². The Labute approximate surface area is 104 Å². The minimum atomic E-state index is 0.393. The lowest BCUT2D eigenvalue weighted by atomic mass is 9.68. The molecule has 0 aromatic carbocycles. The summed E-state index contributed by atoms with van der Waals surface area (Å²) in [5, 5.41) is 8.15. The van der Waals surface area contributed by atoms with E-state index in [0.717, 1.165) is 11.7 Å². The minimum absolute atomic E-state index is 0.393. The van der Waals surface area contributed by atoms with Crippen LogP contribution in [-0.2, 0) is 7.05 Å². The monoisotopic (exact) mass is 233 g/mol. The molecule has 1 aromatic heterocycles. The Morgan fingerprint density at radius 1 is 1.41 bits per heavy atom. The molecule has 2 bridgehead atoms. The van der Waals surface area contributed by atoms with E-state index in [0.29, 0.717) is 16.9 Å². The number of fused-ring (bicyclic) bond motifs is 2. The van der Waals surface area contributed by atoms with Gasteiger partial charge in [0.05, 0.1) is 0 Å². The van der Waals surface area contributed by atoms with Crippen molar-refractivity contribution in [2.24, 2.45) is 23.8 Å². The van der Waals surface area contributed by atoms with Gasteiger partial charge in [0.2, 0.25) is 0 Å². The molecule has 2 aliphatic rings. The quantitative estimate of drug-likeness (QED) is 0.851. The van der Waals surface area contributed by atoms with Gasteiger partial charge in [-0.2, -0.15) is 5.10 Å². The third-order valence-corrected chi connectivity index (χ3v) is 5.28. The predicted molar refractivity (Wildman–Crippen MR) is 69.8 cm³/mol. The zero-order valence-electron chi connectivity index (χ0n) is 11.3. The third kappa shape index (κ3) is 1.51. The molecule has 0 spiro atoms. The van der Waals surface area contributed by atoms with Crippen molar-refractivity contribution in [3.63, 3.8) is 0 Å². The summed E-state index contributed by atoms with van der Waals surface area (Å²) in [5.41, 5.74) is 0.857. The van der Waals surface area contributed by atoms with Gasteiger partial charge in [-0.3, -0.25) is 4.68 Å². The van der Waals surface area contributed by atoms with Crippen molar-refractivity contribution < 1.29 is 0 Å². The second kappa shape index (κ2) is 3.27. The minimum Gasteiger partial charge on any atom is -0.365 e. The molecule has 1 aromatic rings. The molecule has 3 nitrogen and oxygen atoms in total. The van der Waals surface area contributed by atoms with Crippen molar-refractivity contribution in [3.8, 4) is 0 Å². The Hall–Kier alpha value is -0.990. The second-order valence-electron chi connectivity index (χ2n) is 6.87. The van der Waals surface area contributed by atoms with E-state index in [4.69, 9.17) is 0 Å². The van der Waals surface area contributed by atoms with Gasteiger partial charge < -0.3 is 5.32 Å². The summed E-state index contributed by atoms with van der Waals surface area (Å²) >= 11 is 0. The van der Waals surface area contributed by atoms with Crippen molar-refractivity contribution in [1.82, 2.24) is 9.78 Å². The van der Waals surface area contributed by atoms with E-state index in [1.165, 1.54) is 19.3 Å². The fourth-order valence-corrected chi connectivity index (χ4v) is 4.30. The van der Waals surface area contributed by atoms with E-state index >= 15 is 0 Å². The van der Waals surface area contributed by atoms with Gasteiger partial charge in [0.25, 0.3) is 0 Å². The molecule has 3 heteroatoms. The number of hydrogen-bond acceptors (Lipinski definition) is 2. The highest BCUT2D eigenvalue weighted by Gasteiger charge is 2.59. The Morgan fingerprint density at radius 3 is 2.71 bits per heavy atom. The topological polar surface area (TPSA) is 29.9 Å². The molecule has 17 heavy (non-hydrogen) atoms. The molecule has 0 saturated heterocycles. The Kier molecular flexibility index (Phi) is 2.14. The zero-order chi connectivity index (χ0) is 12.3. The summed E-state index contributed by atoms with van der Waals surface area (Å²) < 4.78 is 1.87. The standard InChI is InChI=1S/C14H23N3/c1-13(2)10-5-7-14(3,9-10)12(13)15-11-6-8-17(4)16-11/h6,8,10,12H,5,7,9H2,1-4H3,(H,15,16)/t10-,12?,14+/m0/s1. The number of hydrogen-bond donors (Lipinski definition) is 1. The van der Waals surface area contributed by atoms with Crippen LogP contribution in [0.15, 0.2) is 12.3 Å². The van der Waals surface area contributed by atoms with Gasteiger partial charge in [-0.15, -0.1) is 0 Å². The molecule has 1 heterocycles. The largest absolute Gasteiger partial charge is 0.365 e. The molecule has 2 fully saturated rings. The van der Waals surface area contributed by atoms with Gasteiger partial charge in [-0.25, -0.2) is 0 Å². The van der Waals surface area contributed by atoms with Crippen LogP contribution in [0.2, 0.25) is 0 Å². The highest BCUT2D eigenvalue weighted by Crippen LogP contribution is 2.62. The molecule has 2 aliphatic carbocycles. The number of nitrogens with zero attached hydrogens (tertiary/aromatic N) is 2. The van der Waals surface area contributed by atoms with Crippen LogP contribution in [-0.4, -0.2) is 15.8 Å². The Balaban J connectivity index is 1.87. The second-order valence-corrected chi connectivity index (χ2v) is 6.87. The van der Waals surface area contributed by atoms with Crippen molar-refractivity contribution in [1.29, 1.82) is 0 Å². The molecular formula is C14H23N3. The van der Waals surface area contributed by atoms with Gasteiger partial charge in [-0.1, -0.05) is 20.8 Å². The Morgan fingerprint density at radius 2 is 2.18 bits per heavy atom. The van der Waals surface area contributed by atoms with Crippen molar-refractivity contribution in [2.45, 2.75) is 46.1 Å². The molecule has 0 amide bonds. The lowest BCUT2D eigenvalue weighted by Crippen LogP contribution is -2.45. The molecule has 94 valence electrons. The van der Waals surface area contributed by atoms with Crippen molar-refractivity contribution >= 4 is 5.82 Å². The van der Waals surface area contributed by atoms with E-state index < -0.39 is 0 Å². The van der Waals surface area contributed by atoms with E-state index in [-0.39, 0.29) is 0 Å². The molecule has 3 rings (SSSR count). The molecule has 1 unspecified atom stereocenters. The van der Waals surface area contributed by atoms with Crippen LogP contribution < -0.4 is 5.32 Å². The van der Waals surface area contributed by atoms with Crippen molar-refractivity contribution in [3.05, 3.63) is 12.3 Å². The predicted octanol–water partition coefficient (Wildman–Crippen LogP) is 3.05. The van der Waals surface area contributed by atoms with Crippen LogP contribution in [0.1, 0.15) is 40.0 Å². The van der Waals surface area contributed by atoms with Crippen LogP contribution in [0.5, 0.6) is 0 Å². The first kappa shape index (κ1) is 11.1. The fourth-order valence-electron chi connectivity index (χ4n) is 4.30. The van der Waals surface area contributed by atoms with E-state index in [1.807, 2.05) is 17.9 Å². The first-order chi connectivity index (χ1) is 7.92. The molecular weight excluding hydrogens is 210 g/mol. The van der Waals surface area contributed by atoms with Gasteiger partial charge in [0, 0.05) is 25.4 Å². The van der Waals surface area contributed by atoms with Gasteiger partial charge in [0.15, 0.2) is 0 Å². The van der Waals surface area contributed by atoms with Crippen LogP contribution >= 0.6 is 0 Å². The smallest absolute Gasteiger partial charge is 0.148 e. The maximum absolute atomic E-state index is 4.46. The first-order valence-corrected chi connectivity index (χ1v) is 6.68. The zero-order valence-corrected chi connectivity index (χ0v) is 11.3. The van der Waals surface area contributed by atoms with E-state index in [1.54, 1.807) is 0 Å². The lowest BCUT2D eigenvalue weighted by Gasteiger charge is -2.43. The number of aryl methyl sites for hydroxylation is 1. The summed E-state index contributed by atoms with van der Waals surface area (Å²) in [6, 6.07) is 2.63. The van der Waals surface area contributed by atoms with Crippen LogP contribution in [0, 0.1) is 16.7 Å². The van der Waals surface area contributed by atoms with E-state index in [9.17, 15) is 0 Å². The number of anilines is 1. The summed E-state index contributed by atoms with van der Waals surface area (Å²) in [6.07, 6.45) is 6.16. The van der Waals surface area contributed by atoms with Gasteiger partial charge >= 0.3 is 0 Å². The van der Waals surface area contributed by atoms with Crippen LogP contribution in [0.25, 0.3) is 0 Å². The Bertz CT molecular complexity index is 430. The lowest BCUT2D eigenvalue weighted by molar-refractivity contribution is 0.155. The fraction of sp³-hybridized carbons (Fsp3) is 0.786. The van der Waals surface area contributed by atoms with Gasteiger partial charge in [-0.05, 0) is 36.0 Å². The summed E-state index contributed by atoms with van der Waals surface area (Å²) in [5.74, 6) is 1.91. The van der Waals surface area contributed by atoms with E-state index in [2.05, 4.69) is 37.3 Å². The first-order valence-electron chi connectivity index (χ1n) is 6.68. The molecule has 0 radical (unpaired) electrons. The SMILES string of the molecule is Cn1ccc(NC2C(C)(C)[C@H]3CC[C@]2(C)C3)n1. The van der Waals surface area contributed by atoms with Crippen LogP contribution in [0.4, 0.5) is 5.82 Å². The normalized spacial score (nSPS) is 38.6. The highest BCUT2D eigenvalue weighted by atomic mass is 15.3. The summed E-state index contributed by atoms with van der Waals surface area (Å²) in [6.45, 7) is 7.29. The average molecular weight is 233 g/mol. The molecule has 3 atom stereocenters. The summed E-state index contributed by atoms with van der Waals surface area (Å²) in [4.78, 5) is 0. The van der Waals surface area contributed by atoms with Crippen molar-refractivity contribution in [2.75, 3.05) is 5.32 Å². The maximum Gasteiger partial charge on any atom is 0.148 e. The third-order valence-electron chi connectivity index (χ3n) is 5.28. The number of aromatic nitrogens is 2. The van der Waals surface area contributed by atoms with Crippen LogP contribution in [0.3, 0.4) is 0 Å². The molecule has 1 N–H and O–H groups in total. The number of nitrogens with one attached hydrogen (secondary N) is 1. The number of rotatable bonds is 2. The molecule has 2 saturated carbocycles. The molecule has 0 aliphatic heterocycles. The summed E-state index contributed by atoms with van der Waals surface area (Å²) in [7, 11) is 1.97. The maximum atomic E-state index is 4.46.